The molecular weight excluding hydrogens is 349 g/mol. The second kappa shape index (κ2) is 6.65. The van der Waals surface area contributed by atoms with Gasteiger partial charge in [0.15, 0.2) is 12.4 Å². The van der Waals surface area contributed by atoms with Crippen molar-refractivity contribution in [1.29, 1.82) is 0 Å². The number of nitrogens with one attached hydrogen (secondary N) is 1. The van der Waals surface area contributed by atoms with Crippen molar-refractivity contribution >= 4 is 28.5 Å². The molecule has 0 fully saturated rings. The van der Waals surface area contributed by atoms with Gasteiger partial charge in [0.25, 0.3) is 5.91 Å². The van der Waals surface area contributed by atoms with Gasteiger partial charge in [-0.15, -0.1) is 0 Å². The Morgan fingerprint density at radius 2 is 2.00 bits per heavy atom. The first kappa shape index (κ1) is 14.0. The number of halogens is 1. The number of aromatic nitrogens is 1. The number of pyridine rings is 1. The van der Waals surface area contributed by atoms with Crippen LogP contribution in [0.5, 0.6) is 0 Å². The highest BCUT2D eigenvalue weighted by atomic mass is 125. The topological polar surface area (TPSA) is 33.0 Å². The van der Waals surface area contributed by atoms with Crippen molar-refractivity contribution in [2.75, 3.05) is 6.54 Å². The Hall–Kier alpha value is -1.43. The van der Waals surface area contributed by atoms with E-state index in [9.17, 15) is 4.79 Å². The van der Waals surface area contributed by atoms with Gasteiger partial charge >= 0.3 is 0 Å². The molecule has 2 rings (SSSR count). The fourth-order valence-electron chi connectivity index (χ4n) is 1.80. The normalized spacial score (nSPS) is 10.2. The average molecular weight is 365 g/mol. The molecule has 0 saturated heterocycles. The average Bonchev–Trinajstić information content (AvgIpc) is 2.41. The van der Waals surface area contributed by atoms with Gasteiger partial charge in [-0.2, -0.15) is 0 Å². The van der Waals surface area contributed by atoms with Crippen molar-refractivity contribution in [3.8, 4) is 0 Å². The van der Waals surface area contributed by atoms with Crippen molar-refractivity contribution in [1.82, 2.24) is 5.32 Å². The molecule has 0 aliphatic carbocycles. The predicted octanol–water partition coefficient (Wildman–Crippen LogP) is 2.09. The summed E-state index contributed by atoms with van der Waals surface area (Å²) in [5.41, 5.74) is 1.92. The molecular formula is C15H16IN2O+. The summed E-state index contributed by atoms with van der Waals surface area (Å²) in [4.78, 5) is 11.9. The van der Waals surface area contributed by atoms with E-state index >= 15 is 0 Å². The van der Waals surface area contributed by atoms with Crippen LogP contribution in [-0.2, 0) is 13.5 Å². The van der Waals surface area contributed by atoms with E-state index in [1.165, 1.54) is 9.13 Å². The lowest BCUT2D eigenvalue weighted by atomic mass is 10.1. The first-order valence-electron chi connectivity index (χ1n) is 6.13. The molecule has 2 aromatic rings. The largest absolute Gasteiger partial charge is 0.352 e. The van der Waals surface area contributed by atoms with Crippen LogP contribution >= 0.6 is 22.6 Å². The zero-order chi connectivity index (χ0) is 13.7. The van der Waals surface area contributed by atoms with Crippen LogP contribution in [0.2, 0.25) is 0 Å². The van der Waals surface area contributed by atoms with Crippen LogP contribution in [0.3, 0.4) is 0 Å². The van der Waals surface area contributed by atoms with Crippen LogP contribution in [0, 0.1) is 3.57 Å². The van der Waals surface area contributed by atoms with E-state index in [1.54, 1.807) is 0 Å². The van der Waals surface area contributed by atoms with Gasteiger partial charge in [-0.25, -0.2) is 4.57 Å². The van der Waals surface area contributed by atoms with Crippen LogP contribution in [-0.4, -0.2) is 12.5 Å². The summed E-state index contributed by atoms with van der Waals surface area (Å²) >= 11 is 2.28. The molecule has 0 radical (unpaired) electrons. The highest BCUT2D eigenvalue weighted by molar-refractivity contribution is 14.1. The molecule has 0 aliphatic heterocycles. The van der Waals surface area contributed by atoms with Crippen molar-refractivity contribution < 1.29 is 9.36 Å². The maximum absolute atomic E-state index is 11.9. The predicted molar refractivity (Wildman–Crippen MR) is 82.8 cm³/mol. The standard InChI is InChI=1S/C15H15IN2O/c1-18-10-2-3-13(11-18)15(19)17-9-8-12-4-6-14(16)7-5-12/h2-7,10-11H,8-9H2,1H3/p+1/i16-2. The minimum Gasteiger partial charge on any atom is -0.352 e. The van der Waals surface area contributed by atoms with Crippen LogP contribution in [0.4, 0.5) is 0 Å². The van der Waals surface area contributed by atoms with E-state index in [0.29, 0.717) is 12.1 Å². The fourth-order valence-corrected chi connectivity index (χ4v) is 2.16. The molecule has 0 saturated carbocycles. The highest BCUT2D eigenvalue weighted by Crippen LogP contribution is 2.06. The van der Waals surface area contributed by atoms with E-state index in [0.717, 1.165) is 6.42 Å². The quantitative estimate of drug-likeness (QED) is 0.653. The van der Waals surface area contributed by atoms with Crippen LogP contribution in [0.1, 0.15) is 15.9 Å². The minimum atomic E-state index is -0.0262. The van der Waals surface area contributed by atoms with Gasteiger partial charge in [-0.3, -0.25) is 4.79 Å². The van der Waals surface area contributed by atoms with Crippen molar-refractivity contribution in [3.05, 3.63) is 63.5 Å². The van der Waals surface area contributed by atoms with Gasteiger partial charge in [0.2, 0.25) is 0 Å². The summed E-state index contributed by atoms with van der Waals surface area (Å²) in [7, 11) is 1.91. The first-order valence-corrected chi connectivity index (χ1v) is 7.21. The van der Waals surface area contributed by atoms with Crippen LogP contribution in [0.15, 0.2) is 48.8 Å². The molecule has 0 unspecified atom stereocenters. The molecule has 4 heteroatoms. The van der Waals surface area contributed by atoms with Crippen LogP contribution in [0.25, 0.3) is 0 Å². The van der Waals surface area contributed by atoms with E-state index in [-0.39, 0.29) is 5.91 Å². The number of nitrogens with zero attached hydrogens (tertiary/aromatic N) is 1. The maximum Gasteiger partial charge on any atom is 0.257 e. The van der Waals surface area contributed by atoms with E-state index < -0.39 is 0 Å². The summed E-state index contributed by atoms with van der Waals surface area (Å²) in [5, 5.41) is 2.94. The Labute approximate surface area is 126 Å². The van der Waals surface area contributed by atoms with Gasteiger partial charge in [0.1, 0.15) is 12.6 Å². The van der Waals surface area contributed by atoms with Crippen molar-refractivity contribution in [2.24, 2.45) is 7.05 Å². The third-order valence-corrected chi connectivity index (χ3v) is 3.53. The third-order valence-electron chi connectivity index (χ3n) is 2.81. The van der Waals surface area contributed by atoms with Gasteiger partial charge in [-0.05, 0) is 52.8 Å². The summed E-state index contributed by atoms with van der Waals surface area (Å²) in [6.07, 6.45) is 4.57. The minimum absolute atomic E-state index is 0.0262. The van der Waals surface area contributed by atoms with E-state index in [2.05, 4.69) is 52.2 Å². The van der Waals surface area contributed by atoms with Gasteiger partial charge in [0.05, 0.1) is 0 Å². The Kier molecular flexibility index (Phi) is 4.90. The fraction of sp³-hybridized carbons (Fsp3) is 0.200. The number of aryl methyl sites for hydroxylation is 1. The monoisotopic (exact) mass is 365 g/mol. The van der Waals surface area contributed by atoms with Gasteiger partial charge < -0.3 is 5.32 Å². The number of hydrogen-bond acceptors (Lipinski definition) is 1. The van der Waals surface area contributed by atoms with Crippen molar-refractivity contribution in [3.63, 3.8) is 0 Å². The Bertz CT molecular complexity index is 567. The summed E-state index contributed by atoms with van der Waals surface area (Å²) in [5.74, 6) is -0.0262. The molecule has 0 aliphatic rings. The van der Waals surface area contributed by atoms with Crippen molar-refractivity contribution in [2.45, 2.75) is 6.42 Å². The van der Waals surface area contributed by atoms with E-state index in [1.807, 2.05) is 36.1 Å². The molecule has 3 nitrogen and oxygen atoms in total. The Morgan fingerprint density at radius 3 is 2.68 bits per heavy atom. The summed E-state index contributed by atoms with van der Waals surface area (Å²) in [6, 6.07) is 12.0. The Balaban J connectivity index is 1.86. The lowest BCUT2D eigenvalue weighted by Gasteiger charge is -2.04. The number of carbonyl (C=O) groups excluding carboxylic acids is 1. The second-order valence-corrected chi connectivity index (χ2v) is 5.64. The van der Waals surface area contributed by atoms with Gasteiger partial charge in [0, 0.05) is 16.2 Å². The summed E-state index contributed by atoms with van der Waals surface area (Å²) < 4.78 is 3.09. The number of hydrogen-bond donors (Lipinski definition) is 1. The highest BCUT2D eigenvalue weighted by Gasteiger charge is 2.07. The maximum atomic E-state index is 11.9. The molecule has 0 spiro atoms. The molecule has 1 heterocycles. The first-order chi connectivity index (χ1) is 9.15. The zero-order valence-electron chi connectivity index (χ0n) is 10.8. The lowest BCUT2D eigenvalue weighted by Crippen LogP contribution is -2.31. The van der Waals surface area contributed by atoms with Gasteiger partial charge in [-0.1, -0.05) is 12.1 Å². The number of rotatable bonds is 4. The van der Waals surface area contributed by atoms with E-state index in [4.69, 9.17) is 0 Å². The molecule has 0 atom stereocenters. The number of amides is 1. The number of carbonyl (C=O) groups is 1. The zero-order valence-corrected chi connectivity index (χ0v) is 12.9. The third kappa shape index (κ3) is 4.31. The Morgan fingerprint density at radius 1 is 1.26 bits per heavy atom. The second-order valence-electron chi connectivity index (χ2n) is 4.39. The molecule has 1 N–H and O–H groups in total. The smallest absolute Gasteiger partial charge is 0.257 e. The molecule has 1 aromatic carbocycles. The summed E-state index contributed by atoms with van der Waals surface area (Å²) in [6.45, 7) is 0.651. The lowest BCUT2D eigenvalue weighted by molar-refractivity contribution is -0.671. The molecule has 1 amide bonds. The molecule has 1 aromatic heterocycles. The molecule has 0 bridgehead atoms. The molecule has 19 heavy (non-hydrogen) atoms. The SMILES string of the molecule is C[n+]1cccc(C(=O)NCCc2ccc([125I])cc2)c1. The van der Waals surface area contributed by atoms with Crippen LogP contribution < -0.4 is 9.88 Å². The number of benzene rings is 1. The molecule has 98 valence electrons.